The summed E-state index contributed by atoms with van der Waals surface area (Å²) in [7, 11) is -1.89. The number of nitrogens with one attached hydrogen (secondary N) is 2. The van der Waals surface area contributed by atoms with E-state index in [1.165, 1.54) is 45.6 Å². The first-order valence-electron chi connectivity index (χ1n) is 7.82. The first-order chi connectivity index (χ1) is 9.50. The molecule has 0 saturated heterocycles. The third-order valence-electron chi connectivity index (χ3n) is 5.27. The van der Waals surface area contributed by atoms with E-state index in [4.69, 9.17) is 4.74 Å². The van der Waals surface area contributed by atoms with Crippen molar-refractivity contribution in [2.45, 2.75) is 50.5 Å². The fourth-order valence-corrected chi connectivity index (χ4v) is 5.40. The fraction of sp³-hybridized carbons (Fsp3) is 1.00. The van der Waals surface area contributed by atoms with Gasteiger partial charge in [-0.3, -0.25) is 0 Å². The van der Waals surface area contributed by atoms with Gasteiger partial charge in [0.2, 0.25) is 0 Å². The maximum absolute atomic E-state index is 11.2. The molecule has 0 aliphatic heterocycles. The first-order valence-corrected chi connectivity index (χ1v) is 9.31. The van der Waals surface area contributed by atoms with Gasteiger partial charge >= 0.3 is 0 Å². The standard InChI is InChI=1S/C14H26N2O3S/c1-15-20(17,18)16-3-2-4-19-14-8-11-5-12(9-14)7-13(6-11)10-14/h11-13,15-16H,2-10H2,1H3. The third-order valence-corrected chi connectivity index (χ3v) is 6.39. The zero-order valence-corrected chi connectivity index (χ0v) is 13.0. The third kappa shape index (κ3) is 3.18. The summed E-state index contributed by atoms with van der Waals surface area (Å²) in [6, 6.07) is 0. The van der Waals surface area contributed by atoms with E-state index in [0.717, 1.165) is 24.2 Å². The predicted molar refractivity (Wildman–Crippen MR) is 77.5 cm³/mol. The SMILES string of the molecule is CNS(=O)(=O)NCCCOC12CC3CC(CC(C3)C1)C2. The van der Waals surface area contributed by atoms with Crippen LogP contribution in [0.2, 0.25) is 0 Å². The zero-order chi connectivity index (χ0) is 14.2. The van der Waals surface area contributed by atoms with Crippen LogP contribution in [0.25, 0.3) is 0 Å². The molecule has 4 rings (SSSR count). The summed E-state index contributed by atoms with van der Waals surface area (Å²) in [6.45, 7) is 1.11. The quantitative estimate of drug-likeness (QED) is 0.699. The van der Waals surface area contributed by atoms with Crippen molar-refractivity contribution < 1.29 is 13.2 Å². The topological polar surface area (TPSA) is 67.4 Å². The Bertz CT molecular complexity index is 414. The molecule has 5 nitrogen and oxygen atoms in total. The number of rotatable bonds is 7. The minimum absolute atomic E-state index is 0.136. The Morgan fingerprint density at radius 3 is 2.15 bits per heavy atom. The summed E-state index contributed by atoms with van der Waals surface area (Å²) < 4.78 is 33.4. The van der Waals surface area contributed by atoms with Gasteiger partial charge in [-0.25, -0.2) is 9.44 Å². The van der Waals surface area contributed by atoms with E-state index in [1.54, 1.807) is 0 Å². The molecule has 20 heavy (non-hydrogen) atoms. The molecule has 0 heterocycles. The molecule has 4 bridgehead atoms. The number of hydrogen-bond acceptors (Lipinski definition) is 3. The number of ether oxygens (including phenoxy) is 1. The Balaban J connectivity index is 1.43. The Kier molecular flexibility index (Phi) is 4.10. The molecular formula is C14H26N2O3S. The van der Waals surface area contributed by atoms with Gasteiger partial charge in [0.15, 0.2) is 0 Å². The summed E-state index contributed by atoms with van der Waals surface area (Å²) in [5, 5.41) is 0. The first kappa shape index (κ1) is 14.8. The molecule has 0 aromatic heterocycles. The molecule has 2 N–H and O–H groups in total. The summed E-state index contributed by atoms with van der Waals surface area (Å²) in [5.74, 6) is 2.68. The second-order valence-corrected chi connectivity index (χ2v) is 8.61. The molecule has 6 heteroatoms. The Labute approximate surface area is 122 Å². The van der Waals surface area contributed by atoms with E-state index in [9.17, 15) is 8.42 Å². The summed E-state index contributed by atoms with van der Waals surface area (Å²) >= 11 is 0. The van der Waals surface area contributed by atoms with Crippen LogP contribution < -0.4 is 9.44 Å². The summed E-state index contributed by atoms with van der Waals surface area (Å²) in [6.07, 6.45) is 8.71. The highest BCUT2D eigenvalue weighted by molar-refractivity contribution is 7.87. The van der Waals surface area contributed by atoms with Gasteiger partial charge in [-0.2, -0.15) is 8.42 Å². The minimum atomic E-state index is -3.30. The Hall–Kier alpha value is -0.170. The van der Waals surface area contributed by atoms with Crippen molar-refractivity contribution in [3.63, 3.8) is 0 Å². The molecule has 4 fully saturated rings. The lowest BCUT2D eigenvalue weighted by atomic mass is 9.54. The van der Waals surface area contributed by atoms with Crippen molar-refractivity contribution in [3.8, 4) is 0 Å². The molecule has 116 valence electrons. The maximum atomic E-state index is 11.2. The van der Waals surface area contributed by atoms with Crippen molar-refractivity contribution in [2.75, 3.05) is 20.2 Å². The lowest BCUT2D eigenvalue weighted by Crippen LogP contribution is -2.52. The maximum Gasteiger partial charge on any atom is 0.276 e. The average Bonchev–Trinajstić information content (AvgIpc) is 2.36. The van der Waals surface area contributed by atoms with Gasteiger partial charge in [-0.15, -0.1) is 0 Å². The summed E-state index contributed by atoms with van der Waals surface area (Å²) in [5.41, 5.74) is 0.136. The molecule has 0 spiro atoms. The Morgan fingerprint density at radius 2 is 1.65 bits per heavy atom. The highest BCUT2D eigenvalue weighted by Crippen LogP contribution is 2.57. The van der Waals surface area contributed by atoms with Gasteiger partial charge in [-0.05, 0) is 62.7 Å². The number of hydrogen-bond donors (Lipinski definition) is 2. The van der Waals surface area contributed by atoms with Crippen molar-refractivity contribution in [3.05, 3.63) is 0 Å². The smallest absolute Gasteiger partial charge is 0.276 e. The van der Waals surface area contributed by atoms with Crippen molar-refractivity contribution in [1.29, 1.82) is 0 Å². The highest BCUT2D eigenvalue weighted by atomic mass is 32.2. The fourth-order valence-electron chi connectivity index (χ4n) is 4.85. The van der Waals surface area contributed by atoms with Crippen molar-refractivity contribution in [2.24, 2.45) is 17.8 Å². The second kappa shape index (κ2) is 5.55. The molecular weight excluding hydrogens is 276 g/mol. The van der Waals surface area contributed by atoms with Gasteiger partial charge in [-0.1, -0.05) is 0 Å². The van der Waals surface area contributed by atoms with Crippen LogP contribution in [0.3, 0.4) is 0 Å². The Morgan fingerprint density at radius 1 is 1.10 bits per heavy atom. The molecule has 4 aliphatic carbocycles. The van der Waals surface area contributed by atoms with E-state index >= 15 is 0 Å². The van der Waals surface area contributed by atoms with E-state index in [0.29, 0.717) is 13.2 Å². The van der Waals surface area contributed by atoms with Crippen LogP contribution in [0.4, 0.5) is 0 Å². The van der Waals surface area contributed by atoms with Crippen LogP contribution in [0, 0.1) is 17.8 Å². The predicted octanol–water partition coefficient (Wildman–Crippen LogP) is 1.42. The molecule has 0 atom stereocenters. The van der Waals surface area contributed by atoms with Crippen LogP contribution >= 0.6 is 0 Å². The van der Waals surface area contributed by atoms with Gasteiger partial charge in [0.25, 0.3) is 10.2 Å². The zero-order valence-electron chi connectivity index (χ0n) is 12.2. The lowest BCUT2D eigenvalue weighted by molar-refractivity contribution is -0.162. The van der Waals surface area contributed by atoms with Gasteiger partial charge in [0.05, 0.1) is 5.60 Å². The molecule has 0 aromatic carbocycles. The molecule has 0 aromatic rings. The van der Waals surface area contributed by atoms with Crippen LogP contribution in [0.15, 0.2) is 0 Å². The van der Waals surface area contributed by atoms with Crippen LogP contribution in [-0.4, -0.2) is 34.2 Å². The van der Waals surface area contributed by atoms with Crippen molar-refractivity contribution >= 4 is 10.2 Å². The highest BCUT2D eigenvalue weighted by Gasteiger charge is 2.51. The summed E-state index contributed by atoms with van der Waals surface area (Å²) in [4.78, 5) is 0. The van der Waals surface area contributed by atoms with Crippen LogP contribution in [-0.2, 0) is 14.9 Å². The van der Waals surface area contributed by atoms with Crippen LogP contribution in [0.5, 0.6) is 0 Å². The monoisotopic (exact) mass is 302 g/mol. The normalized spacial score (nSPS) is 39.4. The molecule has 0 unspecified atom stereocenters. The molecule has 0 radical (unpaired) electrons. The van der Waals surface area contributed by atoms with E-state index in [2.05, 4.69) is 9.44 Å². The van der Waals surface area contributed by atoms with E-state index in [1.807, 2.05) is 0 Å². The van der Waals surface area contributed by atoms with Gasteiger partial charge in [0.1, 0.15) is 0 Å². The van der Waals surface area contributed by atoms with Crippen molar-refractivity contribution in [1.82, 2.24) is 9.44 Å². The van der Waals surface area contributed by atoms with Gasteiger partial charge < -0.3 is 4.74 Å². The molecule has 0 amide bonds. The largest absolute Gasteiger partial charge is 0.375 e. The minimum Gasteiger partial charge on any atom is -0.375 e. The molecule has 4 saturated carbocycles. The van der Waals surface area contributed by atoms with Crippen LogP contribution in [0.1, 0.15) is 44.9 Å². The second-order valence-electron chi connectivity index (χ2n) is 6.90. The molecule has 4 aliphatic rings. The van der Waals surface area contributed by atoms with Gasteiger partial charge in [0, 0.05) is 20.2 Å². The average molecular weight is 302 g/mol. The van der Waals surface area contributed by atoms with E-state index < -0.39 is 10.2 Å². The lowest BCUT2D eigenvalue weighted by Gasteiger charge is -2.56. The van der Waals surface area contributed by atoms with E-state index in [-0.39, 0.29) is 5.60 Å².